The summed E-state index contributed by atoms with van der Waals surface area (Å²) in [5, 5.41) is 12.9. The highest BCUT2D eigenvalue weighted by atomic mass is 79.9. The fourth-order valence-electron chi connectivity index (χ4n) is 1.38. The van der Waals surface area contributed by atoms with E-state index in [0.29, 0.717) is 5.69 Å². The quantitative estimate of drug-likeness (QED) is 0.700. The fourth-order valence-corrected chi connectivity index (χ4v) is 2.40. The number of rotatable bonds is 0. The average Bonchev–Trinajstić information content (AvgIpc) is 2.24. The van der Waals surface area contributed by atoms with Crippen molar-refractivity contribution >= 4 is 15.9 Å². The normalized spacial score (nSPS) is 11.4. The second-order valence-corrected chi connectivity index (χ2v) is 4.79. The molecule has 1 rings (SSSR count). The van der Waals surface area contributed by atoms with Crippen LogP contribution in [0.5, 0.6) is 0 Å². The molecule has 0 aromatic carbocycles. The van der Waals surface area contributed by atoms with Crippen LogP contribution < -0.4 is 0 Å². The van der Waals surface area contributed by atoms with E-state index in [2.05, 4.69) is 41.8 Å². The van der Waals surface area contributed by atoms with Crippen LogP contribution >= 0.6 is 15.9 Å². The maximum atomic E-state index is 8.77. The van der Waals surface area contributed by atoms with E-state index < -0.39 is 0 Å². The lowest BCUT2D eigenvalue weighted by atomic mass is 9.92. The minimum atomic E-state index is -0.00428. The molecule has 0 amide bonds. The maximum absolute atomic E-state index is 8.77. The molecule has 1 aromatic heterocycles. The predicted octanol–water partition coefficient (Wildman–Crippen LogP) is 2.35. The first kappa shape index (κ1) is 10.3. The minimum Gasteiger partial charge on any atom is -0.270 e. The standard InChI is InChI=1S/C9H12BrN3/c1-9(2,3)8-7(10)6(5-11)12-13(8)4/h1-4H3. The molecule has 0 saturated heterocycles. The Morgan fingerprint density at radius 2 is 2.00 bits per heavy atom. The third kappa shape index (κ3) is 1.75. The van der Waals surface area contributed by atoms with Crippen molar-refractivity contribution in [1.29, 1.82) is 5.26 Å². The summed E-state index contributed by atoms with van der Waals surface area (Å²) in [6.45, 7) is 6.28. The highest BCUT2D eigenvalue weighted by Gasteiger charge is 2.24. The van der Waals surface area contributed by atoms with Gasteiger partial charge in [-0.15, -0.1) is 0 Å². The van der Waals surface area contributed by atoms with Crippen molar-refractivity contribution in [2.75, 3.05) is 0 Å². The molecule has 13 heavy (non-hydrogen) atoms. The zero-order chi connectivity index (χ0) is 10.2. The van der Waals surface area contributed by atoms with Crippen molar-refractivity contribution in [2.24, 2.45) is 7.05 Å². The summed E-state index contributed by atoms with van der Waals surface area (Å²) in [4.78, 5) is 0. The molecule has 70 valence electrons. The van der Waals surface area contributed by atoms with Crippen LogP contribution in [-0.4, -0.2) is 9.78 Å². The van der Waals surface area contributed by atoms with E-state index >= 15 is 0 Å². The van der Waals surface area contributed by atoms with Crippen LogP contribution in [0.4, 0.5) is 0 Å². The molecule has 0 unspecified atom stereocenters. The van der Waals surface area contributed by atoms with Gasteiger partial charge < -0.3 is 0 Å². The van der Waals surface area contributed by atoms with Crippen LogP contribution in [0.1, 0.15) is 32.2 Å². The van der Waals surface area contributed by atoms with Crippen molar-refractivity contribution in [3.8, 4) is 6.07 Å². The Balaban J connectivity index is 3.40. The summed E-state index contributed by atoms with van der Waals surface area (Å²) in [5.74, 6) is 0. The van der Waals surface area contributed by atoms with Crippen molar-refractivity contribution < 1.29 is 0 Å². The van der Waals surface area contributed by atoms with E-state index in [4.69, 9.17) is 5.26 Å². The van der Waals surface area contributed by atoms with Gasteiger partial charge in [-0.3, -0.25) is 4.68 Å². The Morgan fingerprint density at radius 3 is 2.23 bits per heavy atom. The number of aromatic nitrogens is 2. The van der Waals surface area contributed by atoms with Crippen LogP contribution in [0.25, 0.3) is 0 Å². The van der Waals surface area contributed by atoms with E-state index in [1.165, 1.54) is 0 Å². The SMILES string of the molecule is Cn1nc(C#N)c(Br)c1C(C)(C)C. The van der Waals surface area contributed by atoms with Crippen molar-refractivity contribution in [3.63, 3.8) is 0 Å². The Kier molecular flexibility index (Phi) is 2.49. The molecule has 0 radical (unpaired) electrons. The van der Waals surface area contributed by atoms with Gasteiger partial charge in [0.25, 0.3) is 0 Å². The van der Waals surface area contributed by atoms with Crippen LogP contribution in [0.2, 0.25) is 0 Å². The summed E-state index contributed by atoms with van der Waals surface area (Å²) in [6, 6.07) is 2.05. The molecule has 0 aliphatic heterocycles. The van der Waals surface area contributed by atoms with Crippen molar-refractivity contribution in [1.82, 2.24) is 9.78 Å². The van der Waals surface area contributed by atoms with Crippen molar-refractivity contribution in [2.45, 2.75) is 26.2 Å². The Morgan fingerprint density at radius 1 is 1.46 bits per heavy atom. The molecule has 0 saturated carbocycles. The van der Waals surface area contributed by atoms with Gasteiger partial charge >= 0.3 is 0 Å². The minimum absolute atomic E-state index is 0.00428. The largest absolute Gasteiger partial charge is 0.270 e. The zero-order valence-corrected chi connectivity index (χ0v) is 9.81. The molecule has 1 heterocycles. The molecule has 0 fully saturated rings. The highest BCUT2D eigenvalue weighted by Crippen LogP contribution is 2.31. The first-order valence-corrected chi connectivity index (χ1v) is 4.80. The van der Waals surface area contributed by atoms with Crippen LogP contribution in [-0.2, 0) is 12.5 Å². The lowest BCUT2D eigenvalue weighted by molar-refractivity contribution is 0.520. The predicted molar refractivity (Wildman–Crippen MR) is 54.3 cm³/mol. The molecule has 0 spiro atoms. The van der Waals surface area contributed by atoms with E-state index in [0.717, 1.165) is 10.2 Å². The number of nitrogens with zero attached hydrogens (tertiary/aromatic N) is 3. The molecule has 4 heteroatoms. The third-order valence-electron chi connectivity index (χ3n) is 1.81. The monoisotopic (exact) mass is 241 g/mol. The summed E-state index contributed by atoms with van der Waals surface area (Å²) in [6.07, 6.45) is 0. The van der Waals surface area contributed by atoms with Gasteiger partial charge in [0.2, 0.25) is 0 Å². The number of halogens is 1. The zero-order valence-electron chi connectivity index (χ0n) is 8.22. The van der Waals surface area contributed by atoms with Gasteiger partial charge in [-0.25, -0.2) is 0 Å². The lowest BCUT2D eigenvalue weighted by Crippen LogP contribution is -2.16. The Labute approximate surface area is 86.5 Å². The van der Waals surface area contributed by atoms with E-state index in [1.54, 1.807) is 4.68 Å². The van der Waals surface area contributed by atoms with Crippen LogP contribution in [0, 0.1) is 11.3 Å². The van der Waals surface area contributed by atoms with Crippen molar-refractivity contribution in [3.05, 3.63) is 15.9 Å². The van der Waals surface area contributed by atoms with Gasteiger partial charge in [0, 0.05) is 12.5 Å². The van der Waals surface area contributed by atoms with Gasteiger partial charge in [-0.05, 0) is 15.9 Å². The average molecular weight is 242 g/mol. The molecule has 3 nitrogen and oxygen atoms in total. The fraction of sp³-hybridized carbons (Fsp3) is 0.556. The third-order valence-corrected chi connectivity index (χ3v) is 2.56. The number of hydrogen-bond acceptors (Lipinski definition) is 2. The van der Waals surface area contributed by atoms with Crippen LogP contribution in [0.3, 0.4) is 0 Å². The van der Waals surface area contributed by atoms with Gasteiger partial charge in [0.15, 0.2) is 5.69 Å². The molecule has 0 bridgehead atoms. The highest BCUT2D eigenvalue weighted by molar-refractivity contribution is 9.10. The second-order valence-electron chi connectivity index (χ2n) is 4.00. The molecule has 0 N–H and O–H groups in total. The van der Waals surface area contributed by atoms with Gasteiger partial charge in [-0.1, -0.05) is 20.8 Å². The summed E-state index contributed by atoms with van der Waals surface area (Å²) < 4.78 is 2.56. The van der Waals surface area contributed by atoms with Crippen LogP contribution in [0.15, 0.2) is 4.47 Å². The second kappa shape index (κ2) is 3.15. The molecule has 0 atom stereocenters. The summed E-state index contributed by atoms with van der Waals surface area (Å²) in [7, 11) is 1.85. The van der Waals surface area contributed by atoms with Gasteiger partial charge in [-0.2, -0.15) is 10.4 Å². The van der Waals surface area contributed by atoms with E-state index in [-0.39, 0.29) is 5.41 Å². The van der Waals surface area contributed by atoms with E-state index in [1.807, 2.05) is 13.1 Å². The van der Waals surface area contributed by atoms with Gasteiger partial charge in [0.05, 0.1) is 10.2 Å². The lowest BCUT2D eigenvalue weighted by Gasteiger charge is -2.19. The first-order chi connectivity index (χ1) is 5.88. The Hall–Kier alpha value is -0.820. The molecule has 0 aliphatic carbocycles. The smallest absolute Gasteiger partial charge is 0.176 e. The maximum Gasteiger partial charge on any atom is 0.176 e. The summed E-state index contributed by atoms with van der Waals surface area (Å²) >= 11 is 3.39. The molecule has 0 aliphatic rings. The molecular weight excluding hydrogens is 230 g/mol. The topological polar surface area (TPSA) is 41.6 Å². The Bertz CT molecular complexity index is 365. The summed E-state index contributed by atoms with van der Waals surface area (Å²) in [5.41, 5.74) is 1.49. The number of hydrogen-bond donors (Lipinski definition) is 0. The van der Waals surface area contributed by atoms with E-state index in [9.17, 15) is 0 Å². The van der Waals surface area contributed by atoms with Gasteiger partial charge in [0.1, 0.15) is 6.07 Å². The number of aryl methyl sites for hydroxylation is 1. The first-order valence-electron chi connectivity index (χ1n) is 4.01. The molecular formula is C9H12BrN3. The molecule has 1 aromatic rings. The number of nitriles is 1.